The van der Waals surface area contributed by atoms with E-state index in [1.165, 1.54) is 25.7 Å². The van der Waals surface area contributed by atoms with Crippen LogP contribution in [0.1, 0.15) is 49.6 Å². The SMILES string of the molecule is CC1CCC(Cn2cc(Cc3cccnc3)c3nc(C(=N)NC(=O)O)nc(-c4cncc(Cl)c4)c32)CC1. The van der Waals surface area contributed by atoms with Gasteiger partial charge >= 0.3 is 6.09 Å². The van der Waals surface area contributed by atoms with Gasteiger partial charge in [0.15, 0.2) is 11.7 Å². The van der Waals surface area contributed by atoms with E-state index in [1.807, 2.05) is 18.3 Å². The number of pyridine rings is 2. The molecule has 190 valence electrons. The number of carboxylic acid groups (broad SMARTS) is 1. The first-order chi connectivity index (χ1) is 17.9. The molecule has 0 spiro atoms. The highest BCUT2D eigenvalue weighted by atomic mass is 35.5. The molecule has 9 nitrogen and oxygen atoms in total. The predicted molar refractivity (Wildman–Crippen MR) is 142 cm³/mol. The Balaban J connectivity index is 1.70. The number of nitrogens with zero attached hydrogens (tertiary/aromatic N) is 5. The molecule has 0 atom stereocenters. The van der Waals surface area contributed by atoms with Crippen molar-refractivity contribution in [1.29, 1.82) is 5.41 Å². The number of nitrogens with one attached hydrogen (secondary N) is 2. The van der Waals surface area contributed by atoms with Gasteiger partial charge in [0.05, 0.1) is 16.1 Å². The zero-order valence-corrected chi connectivity index (χ0v) is 21.2. The van der Waals surface area contributed by atoms with Crippen LogP contribution in [0, 0.1) is 17.2 Å². The molecule has 4 heterocycles. The van der Waals surface area contributed by atoms with Crippen LogP contribution in [0.15, 0.2) is 49.2 Å². The minimum Gasteiger partial charge on any atom is -0.465 e. The zero-order chi connectivity index (χ0) is 25.9. The molecule has 4 aromatic heterocycles. The number of hydrogen-bond acceptors (Lipinski definition) is 6. The van der Waals surface area contributed by atoms with Crippen LogP contribution in [0.2, 0.25) is 5.02 Å². The Morgan fingerprint density at radius 3 is 2.70 bits per heavy atom. The predicted octanol–water partition coefficient (Wildman–Crippen LogP) is 5.55. The van der Waals surface area contributed by atoms with E-state index >= 15 is 0 Å². The summed E-state index contributed by atoms with van der Waals surface area (Å²) in [5, 5.41) is 20.0. The van der Waals surface area contributed by atoms with Gasteiger partial charge in [-0.15, -0.1) is 0 Å². The Bertz CT molecular complexity index is 1450. The first-order valence-electron chi connectivity index (χ1n) is 12.4. The summed E-state index contributed by atoms with van der Waals surface area (Å²) in [6.07, 6.45) is 12.9. The van der Waals surface area contributed by atoms with Crippen LogP contribution in [-0.2, 0) is 13.0 Å². The van der Waals surface area contributed by atoms with Crippen molar-refractivity contribution in [3.05, 3.63) is 71.2 Å². The third-order valence-electron chi connectivity index (χ3n) is 6.93. The lowest BCUT2D eigenvalue weighted by atomic mass is 9.83. The Kier molecular flexibility index (Phi) is 7.14. The van der Waals surface area contributed by atoms with Crippen LogP contribution in [-0.4, -0.2) is 41.5 Å². The van der Waals surface area contributed by atoms with Crippen molar-refractivity contribution in [3.8, 4) is 11.3 Å². The van der Waals surface area contributed by atoms with Crippen LogP contribution < -0.4 is 5.32 Å². The fourth-order valence-electron chi connectivity index (χ4n) is 5.07. The summed E-state index contributed by atoms with van der Waals surface area (Å²) in [5.41, 5.74) is 4.72. The second-order valence-electron chi connectivity index (χ2n) is 9.76. The molecule has 0 aromatic carbocycles. The molecule has 1 aliphatic rings. The van der Waals surface area contributed by atoms with Gasteiger partial charge in [-0.2, -0.15) is 0 Å². The molecule has 0 unspecified atom stereocenters. The summed E-state index contributed by atoms with van der Waals surface area (Å²) in [7, 11) is 0. The van der Waals surface area contributed by atoms with Gasteiger partial charge < -0.3 is 9.67 Å². The Labute approximate surface area is 219 Å². The van der Waals surface area contributed by atoms with E-state index < -0.39 is 11.9 Å². The molecule has 0 aliphatic heterocycles. The van der Waals surface area contributed by atoms with Crippen molar-refractivity contribution in [2.75, 3.05) is 0 Å². The van der Waals surface area contributed by atoms with Gasteiger partial charge in [-0.1, -0.05) is 37.4 Å². The highest BCUT2D eigenvalue weighted by molar-refractivity contribution is 6.30. The van der Waals surface area contributed by atoms with E-state index in [0.717, 1.165) is 29.1 Å². The van der Waals surface area contributed by atoms with Crippen LogP contribution >= 0.6 is 11.6 Å². The monoisotopic (exact) mass is 517 g/mol. The normalized spacial score (nSPS) is 17.6. The lowest BCUT2D eigenvalue weighted by Crippen LogP contribution is -2.30. The summed E-state index contributed by atoms with van der Waals surface area (Å²) in [6, 6.07) is 5.68. The molecule has 10 heteroatoms. The summed E-state index contributed by atoms with van der Waals surface area (Å²) in [4.78, 5) is 29.1. The standard InChI is InChI=1S/C27H28ClN7O2/c1-16-4-6-17(7-5-16)14-35-15-20(9-18-3-2-8-30-11-18)23-24(35)22(19-10-21(28)13-31-12-19)32-26(33-23)25(29)34-27(36)37/h2-3,8,10-13,15-17H,4-7,9,14H2,1H3,(H2,29,34)(H,36,37). The van der Waals surface area contributed by atoms with Gasteiger partial charge in [-0.05, 0) is 42.4 Å². The second-order valence-corrected chi connectivity index (χ2v) is 10.2. The van der Waals surface area contributed by atoms with Gasteiger partial charge in [0, 0.05) is 55.1 Å². The average molecular weight is 518 g/mol. The summed E-state index contributed by atoms with van der Waals surface area (Å²) in [5.74, 6) is 0.883. The second kappa shape index (κ2) is 10.6. The molecule has 0 radical (unpaired) electrons. The van der Waals surface area contributed by atoms with Crippen molar-refractivity contribution in [1.82, 2.24) is 29.8 Å². The van der Waals surface area contributed by atoms with Crippen molar-refractivity contribution < 1.29 is 9.90 Å². The zero-order valence-electron chi connectivity index (χ0n) is 20.5. The molecule has 5 rings (SSSR count). The van der Waals surface area contributed by atoms with E-state index in [4.69, 9.17) is 22.0 Å². The van der Waals surface area contributed by atoms with E-state index in [2.05, 4.69) is 38.0 Å². The minimum atomic E-state index is -1.35. The summed E-state index contributed by atoms with van der Waals surface area (Å²) in [6.45, 7) is 3.14. The first kappa shape index (κ1) is 24.8. The highest BCUT2D eigenvalue weighted by Crippen LogP contribution is 2.35. The molecule has 1 saturated carbocycles. The fourth-order valence-corrected chi connectivity index (χ4v) is 5.24. The lowest BCUT2D eigenvalue weighted by molar-refractivity contribution is 0.200. The maximum Gasteiger partial charge on any atom is 0.410 e. The van der Waals surface area contributed by atoms with Gasteiger partial charge in [0.25, 0.3) is 0 Å². The molecular formula is C27H28ClN7O2. The molecule has 0 bridgehead atoms. The van der Waals surface area contributed by atoms with Crippen LogP contribution in [0.25, 0.3) is 22.3 Å². The summed E-state index contributed by atoms with van der Waals surface area (Å²) < 4.78 is 2.22. The van der Waals surface area contributed by atoms with Crippen molar-refractivity contribution in [2.45, 2.75) is 45.6 Å². The number of amidine groups is 1. The third kappa shape index (κ3) is 5.61. The Hall–Kier alpha value is -3.85. The Morgan fingerprint density at radius 2 is 2.00 bits per heavy atom. The van der Waals surface area contributed by atoms with Crippen LogP contribution in [0.4, 0.5) is 4.79 Å². The quantitative estimate of drug-likeness (QED) is 0.227. The molecule has 3 N–H and O–H groups in total. The van der Waals surface area contributed by atoms with Gasteiger partial charge in [0.2, 0.25) is 0 Å². The maximum atomic E-state index is 11.3. The first-order valence-corrected chi connectivity index (χ1v) is 12.7. The van der Waals surface area contributed by atoms with Gasteiger partial charge in [0.1, 0.15) is 5.69 Å². The van der Waals surface area contributed by atoms with Gasteiger partial charge in [-0.25, -0.2) is 14.8 Å². The van der Waals surface area contributed by atoms with Crippen molar-refractivity contribution in [2.24, 2.45) is 11.8 Å². The number of aromatic nitrogens is 5. The smallest absolute Gasteiger partial charge is 0.410 e. The average Bonchev–Trinajstić information content (AvgIpc) is 3.22. The van der Waals surface area contributed by atoms with E-state index in [0.29, 0.717) is 34.1 Å². The van der Waals surface area contributed by atoms with Crippen molar-refractivity contribution >= 4 is 34.6 Å². The largest absolute Gasteiger partial charge is 0.465 e. The van der Waals surface area contributed by atoms with E-state index in [1.54, 1.807) is 24.7 Å². The lowest BCUT2D eigenvalue weighted by Gasteiger charge is -2.26. The highest BCUT2D eigenvalue weighted by Gasteiger charge is 2.24. The topological polar surface area (TPSA) is 130 Å². The minimum absolute atomic E-state index is 0.0125. The maximum absolute atomic E-state index is 11.3. The van der Waals surface area contributed by atoms with Gasteiger partial charge in [-0.3, -0.25) is 20.7 Å². The number of rotatable bonds is 6. The van der Waals surface area contributed by atoms with E-state index in [-0.39, 0.29) is 5.82 Å². The van der Waals surface area contributed by atoms with Crippen LogP contribution in [0.3, 0.4) is 0 Å². The molecule has 4 aromatic rings. The summed E-state index contributed by atoms with van der Waals surface area (Å²) >= 11 is 6.29. The number of amides is 1. The van der Waals surface area contributed by atoms with Crippen molar-refractivity contribution in [3.63, 3.8) is 0 Å². The number of fused-ring (bicyclic) bond motifs is 1. The van der Waals surface area contributed by atoms with Crippen LogP contribution in [0.5, 0.6) is 0 Å². The Morgan fingerprint density at radius 1 is 1.19 bits per heavy atom. The molecule has 0 saturated heterocycles. The molecule has 1 aliphatic carbocycles. The molecular weight excluding hydrogens is 490 g/mol. The fraction of sp³-hybridized carbons (Fsp3) is 0.333. The molecule has 1 fully saturated rings. The third-order valence-corrected chi connectivity index (χ3v) is 7.14. The van der Waals surface area contributed by atoms with E-state index in [9.17, 15) is 9.90 Å². The molecule has 37 heavy (non-hydrogen) atoms. The number of hydrogen-bond donors (Lipinski definition) is 3. The molecule has 1 amide bonds. The number of carbonyl (C=O) groups is 1. The number of halogens is 1.